The third-order valence-corrected chi connectivity index (χ3v) is 6.31. The van der Waals surface area contributed by atoms with E-state index in [4.69, 9.17) is 4.98 Å². The number of imidazole rings is 1. The van der Waals surface area contributed by atoms with Gasteiger partial charge in [-0.25, -0.2) is 9.37 Å². The lowest BCUT2D eigenvalue weighted by atomic mass is 10.1. The molecule has 184 valence electrons. The molecule has 1 N–H and O–H groups in total. The van der Waals surface area contributed by atoms with E-state index >= 15 is 0 Å². The van der Waals surface area contributed by atoms with Crippen molar-refractivity contribution in [3.05, 3.63) is 71.6 Å². The van der Waals surface area contributed by atoms with E-state index in [9.17, 15) is 14.0 Å². The fourth-order valence-electron chi connectivity index (χ4n) is 4.58. The number of hydrogen-bond acceptors (Lipinski definition) is 4. The monoisotopic (exact) mass is 477 g/mol. The van der Waals surface area contributed by atoms with Crippen LogP contribution in [0, 0.1) is 12.7 Å². The van der Waals surface area contributed by atoms with Gasteiger partial charge in [0.05, 0.1) is 22.6 Å². The largest absolute Gasteiger partial charge is 0.337 e. The van der Waals surface area contributed by atoms with Crippen LogP contribution in [0.15, 0.2) is 54.6 Å². The summed E-state index contributed by atoms with van der Waals surface area (Å²) in [5, 5.41) is 2.84. The second kappa shape index (κ2) is 10.8. The zero-order valence-corrected chi connectivity index (χ0v) is 20.5. The van der Waals surface area contributed by atoms with Crippen molar-refractivity contribution in [3.63, 3.8) is 0 Å². The van der Waals surface area contributed by atoms with Crippen LogP contribution >= 0.6 is 0 Å². The number of nitrogens with one attached hydrogen (secondary N) is 1. The summed E-state index contributed by atoms with van der Waals surface area (Å²) in [7, 11) is 3.92. The maximum Gasteiger partial charge on any atom is 0.260 e. The van der Waals surface area contributed by atoms with Gasteiger partial charge in [-0.3, -0.25) is 14.9 Å². The van der Waals surface area contributed by atoms with Crippen molar-refractivity contribution >= 4 is 28.8 Å². The number of likely N-dealkylation sites (tertiary alicyclic amines) is 1. The van der Waals surface area contributed by atoms with Crippen molar-refractivity contribution in [1.29, 1.82) is 0 Å². The lowest BCUT2D eigenvalue weighted by Gasteiger charge is -2.26. The van der Waals surface area contributed by atoms with E-state index in [0.29, 0.717) is 25.6 Å². The minimum atomic E-state index is -0.584. The Hall–Kier alpha value is -3.52. The van der Waals surface area contributed by atoms with Crippen LogP contribution in [0.2, 0.25) is 0 Å². The van der Waals surface area contributed by atoms with Crippen LogP contribution in [0.3, 0.4) is 0 Å². The Morgan fingerprint density at radius 2 is 1.97 bits per heavy atom. The molecule has 7 nitrogen and oxygen atoms in total. The maximum absolute atomic E-state index is 14.3. The van der Waals surface area contributed by atoms with E-state index in [1.807, 2.05) is 59.7 Å². The molecule has 1 fully saturated rings. The van der Waals surface area contributed by atoms with Crippen LogP contribution in [0.1, 0.15) is 41.2 Å². The number of likely N-dealkylation sites (N-methyl/N-ethyl adjacent to an activating group) is 1. The fraction of sp³-hybridized carbons (Fsp3) is 0.370. The number of benzene rings is 2. The number of amides is 2. The highest BCUT2D eigenvalue weighted by Crippen LogP contribution is 2.32. The highest BCUT2D eigenvalue weighted by Gasteiger charge is 2.27. The summed E-state index contributed by atoms with van der Waals surface area (Å²) >= 11 is 0. The van der Waals surface area contributed by atoms with E-state index in [1.54, 1.807) is 18.2 Å². The smallest absolute Gasteiger partial charge is 0.260 e. The Balaban J connectivity index is 1.68. The van der Waals surface area contributed by atoms with E-state index < -0.39 is 11.7 Å². The first-order valence-corrected chi connectivity index (χ1v) is 12.0. The number of rotatable bonds is 6. The quantitative estimate of drug-likeness (QED) is 0.534. The number of anilines is 1. The van der Waals surface area contributed by atoms with Gasteiger partial charge in [0.1, 0.15) is 5.82 Å². The van der Waals surface area contributed by atoms with Crippen LogP contribution in [-0.4, -0.2) is 64.9 Å². The Bertz CT molecular complexity index is 1250. The first kappa shape index (κ1) is 24.6. The summed E-state index contributed by atoms with van der Waals surface area (Å²) in [6.07, 6.45) is 6.21. The van der Waals surface area contributed by atoms with Gasteiger partial charge < -0.3 is 14.4 Å². The predicted molar refractivity (Wildman–Crippen MR) is 136 cm³/mol. The molecule has 2 amide bonds. The van der Waals surface area contributed by atoms with Gasteiger partial charge in [0.2, 0.25) is 11.9 Å². The Kier molecular flexibility index (Phi) is 7.60. The topological polar surface area (TPSA) is 70.5 Å². The van der Waals surface area contributed by atoms with Crippen LogP contribution in [0.25, 0.3) is 11.0 Å². The number of fused-ring (bicyclic) bond motifs is 1. The van der Waals surface area contributed by atoms with Crippen LogP contribution in [0.4, 0.5) is 10.3 Å². The van der Waals surface area contributed by atoms with Gasteiger partial charge in [0, 0.05) is 25.7 Å². The zero-order chi connectivity index (χ0) is 24.9. The van der Waals surface area contributed by atoms with E-state index in [1.165, 1.54) is 12.1 Å². The summed E-state index contributed by atoms with van der Waals surface area (Å²) in [6, 6.07) is 11.7. The molecule has 3 aromatic rings. The lowest BCUT2D eigenvalue weighted by molar-refractivity contribution is -0.126. The molecule has 1 saturated heterocycles. The van der Waals surface area contributed by atoms with E-state index in [2.05, 4.69) is 5.32 Å². The van der Waals surface area contributed by atoms with Gasteiger partial charge in [0.15, 0.2) is 0 Å². The first-order valence-electron chi connectivity index (χ1n) is 12.0. The number of hydrogen-bond donors (Lipinski definition) is 1. The molecule has 8 heteroatoms. The van der Waals surface area contributed by atoms with E-state index in [-0.39, 0.29) is 17.5 Å². The molecule has 0 radical (unpaired) electrons. The Morgan fingerprint density at radius 1 is 1.17 bits per heavy atom. The SMILES string of the molecule is Cc1cccc2nc(NC(=O)c3ccccc3F)n(C3CCCCN(C(=O)/C=C/CN(C)C)C3)c12. The van der Waals surface area contributed by atoms with Crippen molar-refractivity contribution < 1.29 is 14.0 Å². The van der Waals surface area contributed by atoms with Gasteiger partial charge in [-0.15, -0.1) is 0 Å². The standard InChI is InChI=1S/C27H32FN5O2/c1-19-10-8-14-23-25(19)33(27(29-23)30-26(35)21-12-4-5-13-22(21)28)20-11-6-7-17-32(18-20)24(34)15-9-16-31(2)3/h4-5,8-10,12-15,20H,6-7,11,16-18H2,1-3H3,(H,29,30,35)/b15-9+. The number of carbonyl (C=O) groups is 2. The molecular formula is C27H32FN5O2. The highest BCUT2D eigenvalue weighted by molar-refractivity contribution is 6.04. The number of halogens is 1. The van der Waals surface area contributed by atoms with Gasteiger partial charge in [0.25, 0.3) is 5.91 Å². The fourth-order valence-corrected chi connectivity index (χ4v) is 4.58. The second-order valence-corrected chi connectivity index (χ2v) is 9.28. The third kappa shape index (κ3) is 5.59. The molecule has 2 heterocycles. The molecule has 2 aromatic carbocycles. The minimum Gasteiger partial charge on any atom is -0.337 e. The summed E-state index contributed by atoms with van der Waals surface area (Å²) in [6.45, 7) is 3.89. The zero-order valence-electron chi connectivity index (χ0n) is 20.5. The molecule has 35 heavy (non-hydrogen) atoms. The molecule has 0 bridgehead atoms. The number of para-hydroxylation sites is 1. The van der Waals surface area contributed by atoms with Crippen LogP contribution in [0.5, 0.6) is 0 Å². The Morgan fingerprint density at radius 3 is 2.74 bits per heavy atom. The molecule has 1 aliphatic rings. The average Bonchev–Trinajstić information content (AvgIpc) is 3.01. The molecular weight excluding hydrogens is 445 g/mol. The molecule has 0 spiro atoms. The van der Waals surface area contributed by atoms with Crippen LogP contribution in [-0.2, 0) is 4.79 Å². The molecule has 0 saturated carbocycles. The first-order chi connectivity index (χ1) is 16.8. The molecule has 1 aliphatic heterocycles. The van der Waals surface area contributed by atoms with Gasteiger partial charge in [-0.05, 0) is 64.0 Å². The molecule has 1 atom stereocenters. The van der Waals surface area contributed by atoms with E-state index in [0.717, 1.165) is 35.9 Å². The molecule has 4 rings (SSSR count). The summed E-state index contributed by atoms with van der Waals surface area (Å²) < 4.78 is 16.3. The van der Waals surface area contributed by atoms with Gasteiger partial charge in [-0.1, -0.05) is 30.3 Å². The number of aromatic nitrogens is 2. The van der Waals surface area contributed by atoms with Gasteiger partial charge in [-0.2, -0.15) is 0 Å². The summed E-state index contributed by atoms with van der Waals surface area (Å²) in [4.78, 5) is 34.5. The molecule has 1 unspecified atom stereocenters. The minimum absolute atomic E-state index is 0.0168. The highest BCUT2D eigenvalue weighted by atomic mass is 19.1. The second-order valence-electron chi connectivity index (χ2n) is 9.28. The average molecular weight is 478 g/mol. The van der Waals surface area contributed by atoms with Crippen molar-refractivity contribution in [1.82, 2.24) is 19.4 Å². The van der Waals surface area contributed by atoms with Crippen molar-refractivity contribution in [2.24, 2.45) is 0 Å². The van der Waals surface area contributed by atoms with Crippen molar-refractivity contribution in [2.45, 2.75) is 32.2 Å². The summed E-state index contributed by atoms with van der Waals surface area (Å²) in [5.41, 5.74) is 2.65. The predicted octanol–water partition coefficient (Wildman–Crippen LogP) is 4.41. The van der Waals surface area contributed by atoms with Crippen molar-refractivity contribution in [2.75, 3.05) is 39.0 Å². The molecule has 1 aromatic heterocycles. The number of carbonyl (C=O) groups excluding carboxylic acids is 2. The molecule has 0 aliphatic carbocycles. The van der Waals surface area contributed by atoms with Crippen LogP contribution < -0.4 is 5.32 Å². The lowest BCUT2D eigenvalue weighted by Crippen LogP contribution is -2.35. The number of nitrogens with zero attached hydrogens (tertiary/aromatic N) is 4. The number of aryl methyl sites for hydroxylation is 1. The van der Waals surface area contributed by atoms with Crippen molar-refractivity contribution in [3.8, 4) is 0 Å². The normalized spacial score (nSPS) is 16.7. The Labute approximate surface area is 205 Å². The maximum atomic E-state index is 14.3. The summed E-state index contributed by atoms with van der Waals surface area (Å²) in [5.74, 6) is -0.785. The third-order valence-electron chi connectivity index (χ3n) is 6.31. The van der Waals surface area contributed by atoms with Gasteiger partial charge >= 0.3 is 0 Å².